The number of allylic oxidation sites excluding steroid dienone is 1. The van der Waals surface area contributed by atoms with Crippen molar-refractivity contribution in [3.63, 3.8) is 0 Å². The van der Waals surface area contributed by atoms with Crippen LogP contribution >= 0.6 is 11.3 Å². The summed E-state index contributed by atoms with van der Waals surface area (Å²) in [6.45, 7) is 5.60. The molecule has 5 N–H and O–H groups in total. The van der Waals surface area contributed by atoms with Gasteiger partial charge in [-0.2, -0.15) is 0 Å². The number of aliphatic imine (C=N–C) groups is 1. The Kier molecular flexibility index (Phi) is 5.60. The standard InChI is InChI=1S/C16H19N5O2S2/c1-10-15(24-16(18)20-10)14(17)7-8-19-11(2)21-12-5-4-6-13(9-12)25(3,22)23/h4-9,21H,2,17H2,1,3H3,(H2,18,20)/b14-7-,19-8-. The normalized spacial score (nSPS) is 12.5. The van der Waals surface area contributed by atoms with Gasteiger partial charge in [0.15, 0.2) is 15.0 Å². The van der Waals surface area contributed by atoms with E-state index in [4.69, 9.17) is 11.5 Å². The van der Waals surface area contributed by atoms with Crippen LogP contribution < -0.4 is 16.8 Å². The highest BCUT2D eigenvalue weighted by Gasteiger charge is 2.08. The molecule has 7 nitrogen and oxygen atoms in total. The topological polar surface area (TPSA) is 123 Å². The summed E-state index contributed by atoms with van der Waals surface area (Å²) in [7, 11) is -3.27. The molecule has 0 aliphatic rings. The quantitative estimate of drug-likeness (QED) is 0.664. The Balaban J connectivity index is 2.06. The molecule has 1 aromatic heterocycles. The van der Waals surface area contributed by atoms with Crippen molar-refractivity contribution in [2.45, 2.75) is 11.8 Å². The van der Waals surface area contributed by atoms with E-state index in [1.807, 2.05) is 6.92 Å². The molecule has 1 aromatic carbocycles. The van der Waals surface area contributed by atoms with E-state index in [1.165, 1.54) is 29.7 Å². The zero-order valence-corrected chi connectivity index (χ0v) is 15.5. The van der Waals surface area contributed by atoms with Gasteiger partial charge in [0.05, 0.1) is 21.2 Å². The van der Waals surface area contributed by atoms with Crippen molar-refractivity contribution in [1.29, 1.82) is 0 Å². The lowest BCUT2D eigenvalue weighted by Crippen LogP contribution is -2.00. The third-order valence-corrected chi connectivity index (χ3v) is 5.26. The molecular weight excluding hydrogens is 358 g/mol. The molecule has 0 unspecified atom stereocenters. The fourth-order valence-electron chi connectivity index (χ4n) is 1.97. The summed E-state index contributed by atoms with van der Waals surface area (Å²) in [6.07, 6.45) is 4.28. The maximum atomic E-state index is 11.6. The van der Waals surface area contributed by atoms with Crippen molar-refractivity contribution in [3.05, 3.63) is 53.3 Å². The average Bonchev–Trinajstić information content (AvgIpc) is 2.85. The Morgan fingerprint density at radius 1 is 1.44 bits per heavy atom. The Labute approximate surface area is 150 Å². The maximum absolute atomic E-state index is 11.6. The zero-order chi connectivity index (χ0) is 18.6. The Hall–Kier alpha value is -2.65. The molecule has 0 amide bonds. The Morgan fingerprint density at radius 3 is 2.76 bits per heavy atom. The van der Waals surface area contributed by atoms with Crippen molar-refractivity contribution in [3.8, 4) is 0 Å². The van der Waals surface area contributed by atoms with E-state index < -0.39 is 9.84 Å². The van der Waals surface area contributed by atoms with E-state index in [9.17, 15) is 8.42 Å². The van der Waals surface area contributed by atoms with Gasteiger partial charge in [0, 0.05) is 18.2 Å². The van der Waals surface area contributed by atoms with E-state index in [0.29, 0.717) is 22.3 Å². The van der Waals surface area contributed by atoms with Gasteiger partial charge in [-0.25, -0.2) is 18.4 Å². The number of hydrogen-bond acceptors (Lipinski definition) is 8. The van der Waals surface area contributed by atoms with Crippen LogP contribution in [0.2, 0.25) is 0 Å². The summed E-state index contributed by atoms with van der Waals surface area (Å²) in [6, 6.07) is 6.41. The molecule has 0 saturated carbocycles. The Morgan fingerprint density at radius 2 is 2.16 bits per heavy atom. The number of nitrogen functional groups attached to an aromatic ring is 1. The SMILES string of the molecule is C=C(/N=C\C=C(/N)c1sc(N)nc1C)Nc1cccc(S(C)(=O)=O)c1. The van der Waals surface area contributed by atoms with E-state index >= 15 is 0 Å². The number of nitrogens with two attached hydrogens (primary N) is 2. The van der Waals surface area contributed by atoms with Crippen LogP contribution in [0.15, 0.2) is 52.6 Å². The Bertz CT molecular complexity index is 959. The van der Waals surface area contributed by atoms with Gasteiger partial charge < -0.3 is 16.8 Å². The van der Waals surface area contributed by atoms with Gasteiger partial charge in [0.25, 0.3) is 0 Å². The summed E-state index contributed by atoms with van der Waals surface area (Å²) in [5.74, 6) is 0.343. The molecule has 9 heteroatoms. The molecule has 0 atom stereocenters. The first-order valence-corrected chi connectivity index (χ1v) is 9.87. The highest BCUT2D eigenvalue weighted by atomic mass is 32.2. The third kappa shape index (κ3) is 5.16. The van der Waals surface area contributed by atoms with Crippen LogP contribution in [0.25, 0.3) is 5.70 Å². The van der Waals surface area contributed by atoms with Gasteiger partial charge in [-0.3, -0.25) is 0 Å². The van der Waals surface area contributed by atoms with Gasteiger partial charge in [-0.05, 0) is 31.2 Å². The van der Waals surface area contributed by atoms with Crippen molar-refractivity contribution in [1.82, 2.24) is 4.98 Å². The lowest BCUT2D eigenvalue weighted by atomic mass is 10.3. The molecule has 2 rings (SSSR count). The van der Waals surface area contributed by atoms with Crippen LogP contribution in [0.3, 0.4) is 0 Å². The number of sulfone groups is 1. The monoisotopic (exact) mass is 377 g/mol. The summed E-state index contributed by atoms with van der Waals surface area (Å²) in [4.78, 5) is 9.25. The molecule has 0 bridgehead atoms. The minimum Gasteiger partial charge on any atom is -0.397 e. The first kappa shape index (κ1) is 18.7. The molecular formula is C16H19N5O2S2. The number of hydrogen-bond donors (Lipinski definition) is 3. The summed E-state index contributed by atoms with van der Waals surface area (Å²) in [5.41, 5.74) is 13.5. The molecule has 2 aromatic rings. The van der Waals surface area contributed by atoms with Crippen LogP contribution in [0, 0.1) is 6.92 Å². The first-order valence-electron chi connectivity index (χ1n) is 7.16. The van der Waals surface area contributed by atoms with Gasteiger partial charge in [-0.15, -0.1) is 0 Å². The lowest BCUT2D eigenvalue weighted by Gasteiger charge is -2.06. The van der Waals surface area contributed by atoms with Gasteiger partial charge in [-0.1, -0.05) is 24.0 Å². The molecule has 0 aliphatic carbocycles. The summed E-state index contributed by atoms with van der Waals surface area (Å²) < 4.78 is 23.1. The van der Waals surface area contributed by atoms with Crippen molar-refractivity contribution >= 4 is 43.9 Å². The highest BCUT2D eigenvalue weighted by molar-refractivity contribution is 7.90. The van der Waals surface area contributed by atoms with Crippen molar-refractivity contribution in [2.24, 2.45) is 10.7 Å². The average molecular weight is 377 g/mol. The lowest BCUT2D eigenvalue weighted by molar-refractivity contribution is 0.602. The second-order valence-electron chi connectivity index (χ2n) is 5.24. The van der Waals surface area contributed by atoms with Crippen LogP contribution in [0.4, 0.5) is 10.8 Å². The minimum absolute atomic E-state index is 0.219. The number of rotatable bonds is 6. The highest BCUT2D eigenvalue weighted by Crippen LogP contribution is 2.24. The molecule has 0 radical (unpaired) electrons. The van der Waals surface area contributed by atoms with Gasteiger partial charge in [0.2, 0.25) is 0 Å². The number of thiazole rings is 1. The van der Waals surface area contributed by atoms with E-state index in [-0.39, 0.29) is 4.90 Å². The number of nitrogens with zero attached hydrogens (tertiary/aromatic N) is 2. The third-order valence-electron chi connectivity index (χ3n) is 3.11. The van der Waals surface area contributed by atoms with Crippen LogP contribution in [-0.4, -0.2) is 25.9 Å². The second kappa shape index (κ2) is 7.49. The number of aryl methyl sites for hydroxylation is 1. The smallest absolute Gasteiger partial charge is 0.180 e. The first-order chi connectivity index (χ1) is 11.7. The van der Waals surface area contributed by atoms with Crippen LogP contribution in [-0.2, 0) is 9.84 Å². The largest absolute Gasteiger partial charge is 0.397 e. The maximum Gasteiger partial charge on any atom is 0.180 e. The number of benzene rings is 1. The molecule has 0 saturated heterocycles. The fraction of sp³-hybridized carbons (Fsp3) is 0.125. The zero-order valence-electron chi connectivity index (χ0n) is 13.9. The summed E-state index contributed by atoms with van der Waals surface area (Å²) >= 11 is 1.30. The molecule has 1 heterocycles. The molecule has 132 valence electrons. The molecule has 0 aliphatic heterocycles. The number of aromatic nitrogens is 1. The van der Waals surface area contributed by atoms with E-state index in [0.717, 1.165) is 16.8 Å². The van der Waals surface area contributed by atoms with E-state index in [1.54, 1.807) is 18.2 Å². The van der Waals surface area contributed by atoms with Gasteiger partial charge >= 0.3 is 0 Å². The minimum atomic E-state index is -3.27. The van der Waals surface area contributed by atoms with Crippen LogP contribution in [0.1, 0.15) is 10.6 Å². The summed E-state index contributed by atoms with van der Waals surface area (Å²) in [5, 5.41) is 3.38. The fourth-order valence-corrected chi connectivity index (χ4v) is 3.41. The van der Waals surface area contributed by atoms with E-state index in [2.05, 4.69) is 21.9 Å². The van der Waals surface area contributed by atoms with Crippen molar-refractivity contribution < 1.29 is 8.42 Å². The van der Waals surface area contributed by atoms with Crippen LogP contribution in [0.5, 0.6) is 0 Å². The molecule has 0 fully saturated rings. The van der Waals surface area contributed by atoms with Crippen molar-refractivity contribution in [2.75, 3.05) is 17.3 Å². The number of nitrogens with one attached hydrogen (secondary N) is 1. The number of anilines is 2. The predicted octanol–water partition coefficient (Wildman–Crippen LogP) is 2.39. The van der Waals surface area contributed by atoms with Gasteiger partial charge in [0.1, 0.15) is 5.82 Å². The molecule has 25 heavy (non-hydrogen) atoms. The second-order valence-corrected chi connectivity index (χ2v) is 8.28. The predicted molar refractivity (Wildman–Crippen MR) is 104 cm³/mol. The molecule has 0 spiro atoms.